The van der Waals surface area contributed by atoms with E-state index in [9.17, 15) is 4.79 Å². The molecule has 0 aromatic heterocycles. The molecule has 0 aromatic carbocycles. The van der Waals surface area contributed by atoms with Crippen molar-refractivity contribution in [3.8, 4) is 0 Å². The highest BCUT2D eigenvalue weighted by Gasteiger charge is 2.35. The predicted molar refractivity (Wildman–Crippen MR) is 64.5 cm³/mol. The van der Waals surface area contributed by atoms with E-state index in [-0.39, 0.29) is 0 Å². The molecular weight excluding hydrogens is 226 g/mol. The van der Waals surface area contributed by atoms with Gasteiger partial charge < -0.3 is 18.9 Å². The average molecular weight is 249 g/mol. The van der Waals surface area contributed by atoms with Crippen LogP contribution in [0.3, 0.4) is 0 Å². The van der Waals surface area contributed by atoms with Crippen molar-refractivity contribution in [1.82, 2.24) is 5.32 Å². The first-order chi connectivity index (χ1) is 7.64. The van der Waals surface area contributed by atoms with Gasteiger partial charge in [0.1, 0.15) is 0 Å². The van der Waals surface area contributed by atoms with Gasteiger partial charge in [0.25, 0.3) is 0 Å². The molecule has 0 bridgehead atoms. The third kappa shape index (κ3) is 5.48. The van der Waals surface area contributed by atoms with Crippen LogP contribution >= 0.6 is 0 Å². The summed E-state index contributed by atoms with van der Waals surface area (Å²) < 4.78 is 16.2. The maximum Gasteiger partial charge on any atom is 0.407 e. The van der Waals surface area contributed by atoms with Crippen molar-refractivity contribution in [3.63, 3.8) is 0 Å². The molecule has 0 radical (unpaired) electrons. The van der Waals surface area contributed by atoms with Crippen LogP contribution in [0.15, 0.2) is 0 Å². The lowest BCUT2D eigenvalue weighted by Crippen LogP contribution is -2.52. The molecule has 0 saturated heterocycles. The molecule has 0 spiro atoms. The Morgan fingerprint density at radius 3 is 2.00 bits per heavy atom. The maximum absolute atomic E-state index is 11.2. The molecule has 0 atom stereocenters. The van der Waals surface area contributed by atoms with E-state index in [2.05, 4.69) is 5.32 Å². The second-order valence-electron chi connectivity index (χ2n) is 3.20. The highest BCUT2D eigenvalue weighted by atomic mass is 28.4. The zero-order chi connectivity index (χ0) is 12.4. The maximum atomic E-state index is 11.2. The van der Waals surface area contributed by atoms with Gasteiger partial charge in [0.2, 0.25) is 0 Å². The fourth-order valence-corrected chi connectivity index (χ4v) is 3.80. The zero-order valence-electron chi connectivity index (χ0n) is 10.7. The van der Waals surface area contributed by atoms with Crippen LogP contribution in [0.1, 0.15) is 27.7 Å². The molecular formula is C10H23NO4Si. The van der Waals surface area contributed by atoms with E-state index in [0.717, 1.165) is 6.04 Å². The Labute approximate surface area is 98.7 Å². The third-order valence-electron chi connectivity index (χ3n) is 2.13. The van der Waals surface area contributed by atoms with Crippen LogP contribution in [0.4, 0.5) is 4.79 Å². The summed E-state index contributed by atoms with van der Waals surface area (Å²) in [6.45, 7) is 9.23. The van der Waals surface area contributed by atoms with Gasteiger partial charge in [-0.15, -0.1) is 0 Å². The Hall–Kier alpha value is -0.593. The number of carbonyl (C=O) groups excluding carboxylic acids is 1. The van der Waals surface area contributed by atoms with Crippen molar-refractivity contribution in [2.75, 3.05) is 26.0 Å². The molecule has 1 N–H and O–H groups in total. The molecule has 0 aliphatic rings. The molecule has 0 saturated carbocycles. The first kappa shape index (κ1) is 15.4. The number of carbonyl (C=O) groups is 1. The van der Waals surface area contributed by atoms with E-state index < -0.39 is 14.7 Å². The number of alkyl carbamates (subject to hydrolysis) is 1. The highest BCUT2D eigenvalue weighted by molar-refractivity contribution is 6.67. The van der Waals surface area contributed by atoms with Crippen molar-refractivity contribution in [2.24, 2.45) is 0 Å². The Morgan fingerprint density at radius 2 is 1.62 bits per heavy atom. The van der Waals surface area contributed by atoms with Crippen LogP contribution in [-0.2, 0) is 13.6 Å². The summed E-state index contributed by atoms with van der Waals surface area (Å²) in [5, 5.41) is 2.70. The van der Waals surface area contributed by atoms with Crippen molar-refractivity contribution >= 4 is 14.7 Å². The molecule has 0 aromatic rings. The number of rotatable bonds is 8. The van der Waals surface area contributed by atoms with Crippen LogP contribution in [0.5, 0.6) is 0 Å². The molecule has 0 aliphatic carbocycles. The van der Waals surface area contributed by atoms with Crippen LogP contribution in [0.2, 0.25) is 6.04 Å². The summed E-state index contributed by atoms with van der Waals surface area (Å²) in [5.74, 6) is 0. The number of amides is 1. The summed E-state index contributed by atoms with van der Waals surface area (Å²) in [7, 11) is -2.27. The largest absolute Gasteiger partial charge is 0.450 e. The summed E-state index contributed by atoms with van der Waals surface area (Å²) in [5.41, 5.74) is 0. The van der Waals surface area contributed by atoms with E-state index in [0.29, 0.717) is 26.0 Å². The van der Waals surface area contributed by atoms with E-state index in [1.54, 1.807) is 6.92 Å². The monoisotopic (exact) mass is 249 g/mol. The summed E-state index contributed by atoms with van der Waals surface area (Å²) in [6, 6.07) is 0.807. The Balaban J connectivity index is 4.23. The van der Waals surface area contributed by atoms with Gasteiger partial charge in [-0.05, 0) is 26.8 Å². The predicted octanol–water partition coefficient (Wildman–Crippen LogP) is 1.81. The molecule has 16 heavy (non-hydrogen) atoms. The molecule has 6 heteroatoms. The molecule has 96 valence electrons. The van der Waals surface area contributed by atoms with E-state index in [1.807, 2.05) is 20.8 Å². The molecule has 0 aliphatic heterocycles. The minimum Gasteiger partial charge on any atom is -0.450 e. The number of nitrogens with one attached hydrogen (secondary N) is 1. The topological polar surface area (TPSA) is 56.8 Å². The summed E-state index contributed by atoms with van der Waals surface area (Å²) >= 11 is 0. The van der Waals surface area contributed by atoms with Crippen molar-refractivity contribution in [2.45, 2.75) is 33.7 Å². The van der Waals surface area contributed by atoms with E-state index in [1.165, 1.54) is 0 Å². The van der Waals surface area contributed by atoms with Gasteiger partial charge >= 0.3 is 14.7 Å². The second-order valence-corrected chi connectivity index (χ2v) is 6.66. The molecule has 0 unspecified atom stereocenters. The van der Waals surface area contributed by atoms with Gasteiger partial charge in [-0.2, -0.15) is 0 Å². The lowest BCUT2D eigenvalue weighted by Gasteiger charge is -2.28. The van der Waals surface area contributed by atoms with Gasteiger partial charge in [-0.25, -0.2) is 4.79 Å². The lowest BCUT2D eigenvalue weighted by atomic mass is 10.9. The minimum atomic E-state index is -2.27. The number of hydrogen-bond donors (Lipinski definition) is 1. The van der Waals surface area contributed by atoms with Crippen molar-refractivity contribution < 1.29 is 18.4 Å². The van der Waals surface area contributed by atoms with Gasteiger partial charge in [-0.3, -0.25) is 0 Å². The summed E-state index contributed by atoms with van der Waals surface area (Å²) in [4.78, 5) is 11.2. The van der Waals surface area contributed by atoms with Crippen LogP contribution in [0.25, 0.3) is 0 Å². The third-order valence-corrected chi connectivity index (χ3v) is 5.55. The van der Waals surface area contributed by atoms with Gasteiger partial charge in [0.15, 0.2) is 0 Å². The molecule has 0 heterocycles. The molecule has 0 fully saturated rings. The van der Waals surface area contributed by atoms with E-state index in [4.69, 9.17) is 13.6 Å². The number of hydrogen-bond acceptors (Lipinski definition) is 4. The minimum absolute atomic E-state index is 0.371. The Bertz CT molecular complexity index is 195. The quantitative estimate of drug-likeness (QED) is 0.667. The Morgan fingerprint density at radius 1 is 1.06 bits per heavy atom. The fourth-order valence-electron chi connectivity index (χ4n) is 1.39. The van der Waals surface area contributed by atoms with Crippen LogP contribution in [-0.4, -0.2) is 40.6 Å². The van der Waals surface area contributed by atoms with Gasteiger partial charge in [0.05, 0.1) is 12.8 Å². The molecule has 5 nitrogen and oxygen atoms in total. The summed E-state index contributed by atoms with van der Waals surface area (Å²) in [6.07, 6.45) is 0.0246. The van der Waals surface area contributed by atoms with E-state index >= 15 is 0 Å². The highest BCUT2D eigenvalue weighted by Crippen LogP contribution is 2.12. The second kappa shape index (κ2) is 8.55. The van der Waals surface area contributed by atoms with Crippen LogP contribution in [0, 0.1) is 0 Å². The van der Waals surface area contributed by atoms with Gasteiger partial charge in [-0.1, -0.05) is 6.92 Å². The fraction of sp³-hybridized carbons (Fsp3) is 0.900. The van der Waals surface area contributed by atoms with Crippen molar-refractivity contribution in [1.29, 1.82) is 0 Å². The Kier molecular flexibility index (Phi) is 8.23. The lowest BCUT2D eigenvalue weighted by molar-refractivity contribution is 0.147. The van der Waals surface area contributed by atoms with Crippen LogP contribution < -0.4 is 5.32 Å². The average Bonchev–Trinajstić information content (AvgIpc) is 2.27. The van der Waals surface area contributed by atoms with Gasteiger partial charge in [0, 0.05) is 13.2 Å². The molecule has 0 rings (SSSR count). The first-order valence-electron chi connectivity index (χ1n) is 5.82. The zero-order valence-corrected chi connectivity index (χ0v) is 11.7. The number of ether oxygens (including phenoxy) is 1. The first-order valence-corrected chi connectivity index (χ1v) is 8.05. The SMILES string of the molecule is CCOC(=O)NC[Si](CC)(OCC)OCC. The molecule has 1 amide bonds. The smallest absolute Gasteiger partial charge is 0.407 e. The standard InChI is InChI=1S/C10H23NO4Si/c1-5-13-10(12)11-9-16(8-4,14-6-2)15-7-3/h5-9H2,1-4H3,(H,11,12). The van der Waals surface area contributed by atoms with Crippen molar-refractivity contribution in [3.05, 3.63) is 0 Å². The normalized spacial score (nSPS) is 11.2.